The van der Waals surface area contributed by atoms with E-state index in [4.69, 9.17) is 11.6 Å². The molecule has 0 radical (unpaired) electrons. The Hall–Kier alpha value is -1.61. The van der Waals surface area contributed by atoms with E-state index in [1.54, 1.807) is 4.67 Å². The lowest BCUT2D eigenvalue weighted by Gasteiger charge is -2.45. The number of halogens is 1. The van der Waals surface area contributed by atoms with Gasteiger partial charge in [-0.3, -0.25) is 14.1 Å². The fourth-order valence-corrected chi connectivity index (χ4v) is 5.09. The van der Waals surface area contributed by atoms with E-state index in [-0.39, 0.29) is 5.91 Å². The molecule has 0 saturated carbocycles. The SMILES string of the molecule is CN(C)P1N(C)c2ccccc2C(=O)N1c1ccccc1Cl. The zero-order chi connectivity index (χ0) is 15.9. The number of fused-ring (bicyclic) bond motifs is 1. The molecule has 3 rings (SSSR count). The highest BCUT2D eigenvalue weighted by Crippen LogP contribution is 2.55. The minimum absolute atomic E-state index is 0.0124. The number of benzene rings is 2. The molecule has 0 bridgehead atoms. The first-order valence-electron chi connectivity index (χ1n) is 6.91. The summed E-state index contributed by atoms with van der Waals surface area (Å²) in [5, 5.41) is 0.581. The molecule has 2 aromatic rings. The molecule has 2 aromatic carbocycles. The van der Waals surface area contributed by atoms with Crippen molar-refractivity contribution >= 4 is 37.3 Å². The fraction of sp³-hybridized carbons (Fsp3) is 0.188. The molecule has 1 aliphatic rings. The molecule has 1 heterocycles. The normalized spacial score (nSPS) is 17.9. The molecule has 0 aliphatic carbocycles. The zero-order valence-corrected chi connectivity index (χ0v) is 14.3. The Balaban J connectivity index is 2.20. The zero-order valence-electron chi connectivity index (χ0n) is 12.7. The molecule has 0 saturated heterocycles. The average molecular weight is 334 g/mol. The quantitative estimate of drug-likeness (QED) is 0.770. The number of rotatable bonds is 2. The molecule has 6 heteroatoms. The summed E-state index contributed by atoms with van der Waals surface area (Å²) in [5.41, 5.74) is 2.40. The van der Waals surface area contributed by atoms with Crippen molar-refractivity contribution in [3.05, 3.63) is 59.1 Å². The minimum Gasteiger partial charge on any atom is -0.323 e. The van der Waals surface area contributed by atoms with Crippen molar-refractivity contribution in [3.8, 4) is 0 Å². The lowest BCUT2D eigenvalue weighted by molar-refractivity contribution is 0.100. The van der Waals surface area contributed by atoms with Crippen LogP contribution in [0.25, 0.3) is 0 Å². The second-order valence-corrected chi connectivity index (χ2v) is 7.97. The molecule has 1 atom stereocenters. The Kier molecular flexibility index (Phi) is 4.09. The molecule has 0 fully saturated rings. The maximum atomic E-state index is 13.1. The van der Waals surface area contributed by atoms with E-state index >= 15 is 0 Å². The number of anilines is 2. The molecule has 1 aliphatic heterocycles. The van der Waals surface area contributed by atoms with E-state index < -0.39 is 8.37 Å². The van der Waals surface area contributed by atoms with Crippen LogP contribution in [0.15, 0.2) is 48.5 Å². The van der Waals surface area contributed by atoms with Crippen LogP contribution in [0.4, 0.5) is 11.4 Å². The standard InChI is InChI=1S/C16H17ClN3OP/c1-18(2)22-19(3)14-10-6-4-8-12(14)16(21)20(22)15-11-7-5-9-13(15)17/h4-11H,1-3H3. The maximum absolute atomic E-state index is 13.1. The van der Waals surface area contributed by atoms with Crippen LogP contribution in [-0.2, 0) is 0 Å². The number of carbonyl (C=O) groups is 1. The Morgan fingerprint density at radius 2 is 1.59 bits per heavy atom. The van der Waals surface area contributed by atoms with Crippen LogP contribution in [0.1, 0.15) is 10.4 Å². The van der Waals surface area contributed by atoms with Crippen molar-refractivity contribution < 1.29 is 4.79 Å². The summed E-state index contributed by atoms with van der Waals surface area (Å²) in [5.74, 6) is -0.0124. The van der Waals surface area contributed by atoms with Crippen LogP contribution in [0.5, 0.6) is 0 Å². The highest BCUT2D eigenvalue weighted by atomic mass is 35.5. The van der Waals surface area contributed by atoms with Gasteiger partial charge in [-0.2, -0.15) is 0 Å². The number of nitrogens with zero attached hydrogens (tertiary/aromatic N) is 3. The van der Waals surface area contributed by atoms with Gasteiger partial charge in [0.15, 0.2) is 8.37 Å². The van der Waals surface area contributed by atoms with Gasteiger partial charge in [0, 0.05) is 7.05 Å². The third-order valence-corrected chi connectivity index (χ3v) is 6.10. The number of hydrogen-bond acceptors (Lipinski definition) is 3. The average Bonchev–Trinajstić information content (AvgIpc) is 2.51. The molecule has 0 aromatic heterocycles. The van der Waals surface area contributed by atoms with Gasteiger partial charge in [0.2, 0.25) is 0 Å². The molecule has 1 unspecified atom stereocenters. The maximum Gasteiger partial charge on any atom is 0.266 e. The first-order valence-corrected chi connectivity index (χ1v) is 8.49. The Labute approximate surface area is 136 Å². The van der Waals surface area contributed by atoms with Gasteiger partial charge in [0.25, 0.3) is 5.91 Å². The third-order valence-electron chi connectivity index (χ3n) is 3.56. The molecule has 4 nitrogen and oxygen atoms in total. The molecule has 0 spiro atoms. The van der Waals surface area contributed by atoms with Crippen LogP contribution >= 0.6 is 20.0 Å². The summed E-state index contributed by atoms with van der Waals surface area (Å²) >= 11 is 6.35. The number of carbonyl (C=O) groups excluding carboxylic acids is 1. The van der Waals surface area contributed by atoms with Crippen LogP contribution in [-0.4, -0.2) is 31.7 Å². The van der Waals surface area contributed by atoms with Gasteiger partial charge in [-0.15, -0.1) is 0 Å². The monoisotopic (exact) mass is 333 g/mol. The summed E-state index contributed by atoms with van der Waals surface area (Å²) in [6.07, 6.45) is 0. The van der Waals surface area contributed by atoms with Gasteiger partial charge in [-0.25, -0.2) is 0 Å². The Morgan fingerprint density at radius 1 is 1.00 bits per heavy atom. The van der Waals surface area contributed by atoms with E-state index in [1.807, 2.05) is 69.7 Å². The Bertz CT molecular complexity index is 722. The van der Waals surface area contributed by atoms with E-state index in [1.165, 1.54) is 0 Å². The van der Waals surface area contributed by atoms with E-state index in [2.05, 4.69) is 9.34 Å². The van der Waals surface area contributed by atoms with Crippen molar-refractivity contribution in [3.63, 3.8) is 0 Å². The van der Waals surface area contributed by atoms with E-state index in [0.717, 1.165) is 11.4 Å². The second kappa shape index (κ2) is 5.88. The summed E-state index contributed by atoms with van der Waals surface area (Å²) < 4.78 is 6.02. The predicted octanol–water partition coefficient (Wildman–Crippen LogP) is 4.23. The highest BCUT2D eigenvalue weighted by Gasteiger charge is 2.39. The molecule has 1 amide bonds. The Morgan fingerprint density at radius 3 is 2.23 bits per heavy atom. The summed E-state index contributed by atoms with van der Waals surface area (Å²) in [6, 6.07) is 15.2. The van der Waals surface area contributed by atoms with E-state index in [0.29, 0.717) is 10.6 Å². The molecule has 0 N–H and O–H groups in total. The van der Waals surface area contributed by atoms with Crippen molar-refractivity contribution in [2.75, 3.05) is 30.5 Å². The van der Waals surface area contributed by atoms with Gasteiger partial charge in [-0.1, -0.05) is 35.9 Å². The van der Waals surface area contributed by atoms with Gasteiger partial charge in [0.05, 0.1) is 22.0 Å². The van der Waals surface area contributed by atoms with Crippen LogP contribution in [0, 0.1) is 0 Å². The first-order chi connectivity index (χ1) is 10.5. The van der Waals surface area contributed by atoms with Gasteiger partial charge in [0.1, 0.15) is 0 Å². The van der Waals surface area contributed by atoms with Crippen molar-refractivity contribution in [2.45, 2.75) is 0 Å². The van der Waals surface area contributed by atoms with Crippen LogP contribution < -0.4 is 9.34 Å². The van der Waals surface area contributed by atoms with Crippen molar-refractivity contribution in [1.82, 2.24) is 4.67 Å². The number of para-hydroxylation sites is 2. The predicted molar refractivity (Wildman–Crippen MR) is 93.7 cm³/mol. The number of amides is 1. The highest BCUT2D eigenvalue weighted by molar-refractivity contribution is 7.60. The smallest absolute Gasteiger partial charge is 0.266 e. The topological polar surface area (TPSA) is 26.8 Å². The summed E-state index contributed by atoms with van der Waals surface area (Å²) in [6.45, 7) is 0. The lowest BCUT2D eigenvalue weighted by atomic mass is 10.1. The van der Waals surface area contributed by atoms with Crippen molar-refractivity contribution in [1.29, 1.82) is 0 Å². The number of hydrogen-bond donors (Lipinski definition) is 0. The molecule has 22 heavy (non-hydrogen) atoms. The minimum atomic E-state index is -1.01. The third kappa shape index (κ3) is 2.38. The fourth-order valence-electron chi connectivity index (χ4n) is 2.64. The van der Waals surface area contributed by atoms with Crippen LogP contribution in [0.2, 0.25) is 5.02 Å². The largest absolute Gasteiger partial charge is 0.323 e. The molecule has 114 valence electrons. The summed E-state index contributed by atoms with van der Waals surface area (Å²) in [7, 11) is 4.97. The van der Waals surface area contributed by atoms with E-state index in [9.17, 15) is 4.79 Å². The lowest BCUT2D eigenvalue weighted by Crippen LogP contribution is -2.41. The second-order valence-electron chi connectivity index (χ2n) is 5.22. The van der Waals surface area contributed by atoms with Gasteiger partial charge in [-0.05, 0) is 38.4 Å². The van der Waals surface area contributed by atoms with Gasteiger partial charge < -0.3 is 4.67 Å². The first kappa shape index (κ1) is 15.3. The van der Waals surface area contributed by atoms with Crippen molar-refractivity contribution in [2.24, 2.45) is 0 Å². The molecular weight excluding hydrogens is 317 g/mol. The van der Waals surface area contributed by atoms with Gasteiger partial charge >= 0.3 is 0 Å². The van der Waals surface area contributed by atoms with Crippen LogP contribution in [0.3, 0.4) is 0 Å². The molecular formula is C16H17ClN3OP. The summed E-state index contributed by atoms with van der Waals surface area (Å²) in [4.78, 5) is 13.1.